The molecule has 0 aromatic heterocycles. The number of rotatable bonds is 4. The first-order chi connectivity index (χ1) is 10.5. The zero-order chi connectivity index (χ0) is 16.1. The molecule has 2 rings (SSSR count). The SMILES string of the molecule is CCOC(=O)[C@H]1CCCN(C(=O)c2cccc(B(O)O)c2)C1. The molecule has 1 saturated heterocycles. The van der Waals surface area contributed by atoms with Gasteiger partial charge in [-0.3, -0.25) is 9.59 Å². The van der Waals surface area contributed by atoms with Gasteiger partial charge < -0.3 is 19.7 Å². The lowest BCUT2D eigenvalue weighted by atomic mass is 9.79. The molecule has 7 heteroatoms. The lowest BCUT2D eigenvalue weighted by molar-refractivity contribution is -0.149. The fraction of sp³-hybridized carbons (Fsp3) is 0.467. The smallest absolute Gasteiger partial charge is 0.466 e. The summed E-state index contributed by atoms with van der Waals surface area (Å²) in [5, 5.41) is 18.4. The Bertz CT molecular complexity index is 548. The average Bonchev–Trinajstić information content (AvgIpc) is 2.54. The zero-order valence-electron chi connectivity index (χ0n) is 12.6. The first-order valence-electron chi connectivity index (χ1n) is 7.45. The van der Waals surface area contributed by atoms with Crippen molar-refractivity contribution in [2.24, 2.45) is 5.92 Å². The number of carbonyl (C=O) groups excluding carboxylic acids is 2. The summed E-state index contributed by atoms with van der Waals surface area (Å²) < 4.78 is 5.02. The van der Waals surface area contributed by atoms with E-state index in [1.54, 1.807) is 30.0 Å². The average molecular weight is 305 g/mol. The van der Waals surface area contributed by atoms with Crippen molar-refractivity contribution in [3.05, 3.63) is 29.8 Å². The van der Waals surface area contributed by atoms with Gasteiger partial charge >= 0.3 is 13.1 Å². The molecule has 0 spiro atoms. The van der Waals surface area contributed by atoms with E-state index in [0.29, 0.717) is 25.3 Å². The molecule has 1 amide bonds. The maximum absolute atomic E-state index is 12.5. The van der Waals surface area contributed by atoms with Gasteiger partial charge in [-0.15, -0.1) is 0 Å². The zero-order valence-corrected chi connectivity index (χ0v) is 12.6. The molecule has 6 nitrogen and oxygen atoms in total. The predicted octanol–water partition coefficient (Wildman–Crippen LogP) is -0.218. The summed E-state index contributed by atoms with van der Waals surface area (Å²) in [7, 11) is -1.61. The maximum Gasteiger partial charge on any atom is 0.488 e. The van der Waals surface area contributed by atoms with Crippen LogP contribution in [0.15, 0.2) is 24.3 Å². The Hall–Kier alpha value is -1.86. The summed E-state index contributed by atoms with van der Waals surface area (Å²) >= 11 is 0. The highest BCUT2D eigenvalue weighted by atomic mass is 16.5. The van der Waals surface area contributed by atoms with Crippen LogP contribution in [0.3, 0.4) is 0 Å². The van der Waals surface area contributed by atoms with Crippen molar-refractivity contribution in [1.29, 1.82) is 0 Å². The van der Waals surface area contributed by atoms with Crippen LogP contribution in [-0.2, 0) is 9.53 Å². The number of nitrogens with zero attached hydrogens (tertiary/aromatic N) is 1. The van der Waals surface area contributed by atoms with Crippen molar-refractivity contribution in [1.82, 2.24) is 4.90 Å². The lowest BCUT2D eigenvalue weighted by Gasteiger charge is -2.31. The van der Waals surface area contributed by atoms with Crippen molar-refractivity contribution < 1.29 is 24.4 Å². The Labute approximate surface area is 129 Å². The molecule has 1 aromatic rings. The topological polar surface area (TPSA) is 87.1 Å². The summed E-state index contributed by atoms with van der Waals surface area (Å²) in [6.07, 6.45) is 1.47. The maximum atomic E-state index is 12.5. The van der Waals surface area contributed by atoms with E-state index in [9.17, 15) is 19.6 Å². The van der Waals surface area contributed by atoms with E-state index < -0.39 is 7.12 Å². The second-order valence-corrected chi connectivity index (χ2v) is 5.34. The van der Waals surface area contributed by atoms with Gasteiger partial charge in [-0.2, -0.15) is 0 Å². The van der Waals surface area contributed by atoms with E-state index in [0.717, 1.165) is 12.8 Å². The van der Waals surface area contributed by atoms with E-state index in [-0.39, 0.29) is 23.3 Å². The van der Waals surface area contributed by atoms with Gasteiger partial charge in [0, 0.05) is 18.7 Å². The van der Waals surface area contributed by atoms with Crippen molar-refractivity contribution in [2.45, 2.75) is 19.8 Å². The molecule has 0 unspecified atom stereocenters. The van der Waals surface area contributed by atoms with Crippen LogP contribution in [0.5, 0.6) is 0 Å². The van der Waals surface area contributed by atoms with Crippen LogP contribution in [0.4, 0.5) is 0 Å². The summed E-state index contributed by atoms with van der Waals surface area (Å²) in [6.45, 7) is 3.01. The number of piperidine rings is 1. The van der Waals surface area contributed by atoms with Crippen LogP contribution in [0.25, 0.3) is 0 Å². The first kappa shape index (κ1) is 16.5. The number of amides is 1. The molecule has 22 heavy (non-hydrogen) atoms. The molecule has 2 N–H and O–H groups in total. The van der Waals surface area contributed by atoms with E-state index in [2.05, 4.69) is 0 Å². The molecule has 0 saturated carbocycles. The highest BCUT2D eigenvalue weighted by Crippen LogP contribution is 2.19. The Kier molecular flexibility index (Phi) is 5.57. The molecular weight excluding hydrogens is 285 g/mol. The molecule has 118 valence electrons. The fourth-order valence-corrected chi connectivity index (χ4v) is 2.63. The molecule has 1 atom stereocenters. The van der Waals surface area contributed by atoms with Crippen molar-refractivity contribution in [2.75, 3.05) is 19.7 Å². The minimum atomic E-state index is -1.61. The Morgan fingerprint density at radius 3 is 2.86 bits per heavy atom. The minimum absolute atomic E-state index is 0.212. The van der Waals surface area contributed by atoms with Gasteiger partial charge in [0.2, 0.25) is 0 Å². The summed E-state index contributed by atoms with van der Waals surface area (Å²) in [5.41, 5.74) is 0.653. The summed E-state index contributed by atoms with van der Waals surface area (Å²) in [6, 6.07) is 6.23. The monoisotopic (exact) mass is 305 g/mol. The van der Waals surface area contributed by atoms with Gasteiger partial charge in [-0.1, -0.05) is 12.1 Å². The predicted molar refractivity (Wildman–Crippen MR) is 81.5 cm³/mol. The Balaban J connectivity index is 2.08. The second kappa shape index (κ2) is 7.42. The highest BCUT2D eigenvalue weighted by molar-refractivity contribution is 6.58. The van der Waals surface area contributed by atoms with Gasteiger partial charge in [0.15, 0.2) is 0 Å². The van der Waals surface area contributed by atoms with E-state index in [1.807, 2.05) is 0 Å². The van der Waals surface area contributed by atoms with Gasteiger partial charge in [0.05, 0.1) is 12.5 Å². The second-order valence-electron chi connectivity index (χ2n) is 5.34. The lowest BCUT2D eigenvalue weighted by Crippen LogP contribution is -2.43. The number of likely N-dealkylation sites (tertiary alicyclic amines) is 1. The Morgan fingerprint density at radius 1 is 1.41 bits per heavy atom. The largest absolute Gasteiger partial charge is 0.488 e. The molecule has 1 heterocycles. The van der Waals surface area contributed by atoms with Crippen LogP contribution in [0, 0.1) is 5.92 Å². The number of hydrogen-bond donors (Lipinski definition) is 2. The van der Waals surface area contributed by atoms with Gasteiger partial charge in [0.25, 0.3) is 5.91 Å². The molecule has 1 aliphatic heterocycles. The third-order valence-corrected chi connectivity index (χ3v) is 3.76. The number of benzene rings is 1. The summed E-state index contributed by atoms with van der Waals surface area (Å²) in [5.74, 6) is -0.764. The number of esters is 1. The van der Waals surface area contributed by atoms with Crippen molar-refractivity contribution in [3.8, 4) is 0 Å². The third-order valence-electron chi connectivity index (χ3n) is 3.76. The number of ether oxygens (including phenoxy) is 1. The van der Waals surface area contributed by atoms with Crippen molar-refractivity contribution >= 4 is 24.5 Å². The standard InChI is InChI=1S/C15H20BNO5/c1-2-22-15(19)12-6-4-8-17(10-12)14(18)11-5-3-7-13(9-11)16(20)21/h3,5,7,9,12,20-21H,2,4,6,8,10H2,1H3/t12-/m0/s1. The van der Waals surface area contributed by atoms with Gasteiger partial charge in [0.1, 0.15) is 0 Å². The van der Waals surface area contributed by atoms with Crippen LogP contribution < -0.4 is 5.46 Å². The normalized spacial score (nSPS) is 18.0. The van der Waals surface area contributed by atoms with Crippen LogP contribution in [0.1, 0.15) is 30.1 Å². The quantitative estimate of drug-likeness (QED) is 0.593. The number of hydrogen-bond acceptors (Lipinski definition) is 5. The van der Waals surface area contributed by atoms with Crippen LogP contribution in [-0.4, -0.2) is 53.6 Å². The van der Waals surface area contributed by atoms with Gasteiger partial charge in [-0.05, 0) is 37.4 Å². The highest BCUT2D eigenvalue weighted by Gasteiger charge is 2.30. The molecule has 0 bridgehead atoms. The molecule has 1 aromatic carbocycles. The van der Waals surface area contributed by atoms with Crippen molar-refractivity contribution in [3.63, 3.8) is 0 Å². The summed E-state index contributed by atoms with van der Waals surface area (Å²) in [4.78, 5) is 26.0. The first-order valence-corrected chi connectivity index (χ1v) is 7.45. The van der Waals surface area contributed by atoms with Gasteiger partial charge in [-0.25, -0.2) is 0 Å². The number of carbonyl (C=O) groups is 2. The third kappa shape index (κ3) is 3.87. The minimum Gasteiger partial charge on any atom is -0.466 e. The van der Waals surface area contributed by atoms with Crippen LogP contribution >= 0.6 is 0 Å². The van der Waals surface area contributed by atoms with E-state index in [4.69, 9.17) is 4.74 Å². The molecule has 1 aliphatic rings. The fourth-order valence-electron chi connectivity index (χ4n) is 2.63. The Morgan fingerprint density at radius 2 is 2.18 bits per heavy atom. The molecular formula is C15H20BNO5. The van der Waals surface area contributed by atoms with E-state index in [1.165, 1.54) is 6.07 Å². The van der Waals surface area contributed by atoms with Crippen LogP contribution in [0.2, 0.25) is 0 Å². The molecule has 1 fully saturated rings. The molecule has 0 radical (unpaired) electrons. The van der Waals surface area contributed by atoms with E-state index >= 15 is 0 Å². The molecule has 0 aliphatic carbocycles.